The Kier molecular flexibility index (Phi) is 4.37. The van der Waals surface area contributed by atoms with E-state index in [9.17, 15) is 10.1 Å². The number of hydrogen-bond donors (Lipinski definition) is 1. The highest BCUT2D eigenvalue weighted by Gasteiger charge is 2.24. The molecule has 0 saturated carbocycles. The summed E-state index contributed by atoms with van der Waals surface area (Å²) in [5.41, 5.74) is 0.775. The van der Waals surface area contributed by atoms with Crippen molar-refractivity contribution in [1.29, 1.82) is 0 Å². The minimum atomic E-state index is -0.336. The Morgan fingerprint density at radius 2 is 2.21 bits per heavy atom. The van der Waals surface area contributed by atoms with Crippen molar-refractivity contribution in [2.45, 2.75) is 26.3 Å². The Hall–Kier alpha value is -1.62. The first-order chi connectivity index (χ1) is 9.08. The third-order valence-corrected chi connectivity index (χ3v) is 3.73. The largest absolute Gasteiger partial charge is 0.379 e. The van der Waals surface area contributed by atoms with Crippen LogP contribution in [0, 0.1) is 16.0 Å². The molecule has 1 aromatic rings. The zero-order valence-corrected chi connectivity index (χ0v) is 11.5. The monoisotopic (exact) mass is 263 g/mol. The van der Waals surface area contributed by atoms with Gasteiger partial charge in [0.15, 0.2) is 0 Å². The number of likely N-dealkylation sites (tertiary alicyclic amines) is 1. The third kappa shape index (κ3) is 3.44. The molecule has 1 N–H and O–H groups in total. The number of nitrogens with one attached hydrogen (secondary N) is 1. The summed E-state index contributed by atoms with van der Waals surface area (Å²) < 4.78 is 0. The van der Waals surface area contributed by atoms with Crippen LogP contribution in [0.4, 0.5) is 11.4 Å². The molecule has 5 nitrogen and oxygen atoms in total. The molecule has 19 heavy (non-hydrogen) atoms. The smallest absolute Gasteiger partial charge is 0.292 e. The van der Waals surface area contributed by atoms with Crippen molar-refractivity contribution in [3.8, 4) is 0 Å². The molecule has 0 bridgehead atoms. The van der Waals surface area contributed by atoms with Crippen LogP contribution in [0.3, 0.4) is 0 Å². The Morgan fingerprint density at radius 3 is 2.84 bits per heavy atom. The number of nitrogens with zero attached hydrogens (tertiary/aromatic N) is 2. The highest BCUT2D eigenvalue weighted by molar-refractivity contribution is 5.61. The summed E-state index contributed by atoms with van der Waals surface area (Å²) in [4.78, 5) is 13.0. The lowest BCUT2D eigenvalue weighted by molar-refractivity contribution is -0.384. The summed E-state index contributed by atoms with van der Waals surface area (Å²) in [7, 11) is 0. The summed E-state index contributed by atoms with van der Waals surface area (Å²) in [6, 6.07) is 7.41. The molecule has 1 heterocycles. The maximum Gasteiger partial charge on any atom is 0.292 e. The normalized spacial score (nSPS) is 19.8. The molecule has 1 aliphatic rings. The van der Waals surface area contributed by atoms with E-state index in [-0.39, 0.29) is 10.6 Å². The fraction of sp³-hybridized carbons (Fsp3) is 0.571. The molecule has 1 aliphatic heterocycles. The van der Waals surface area contributed by atoms with Gasteiger partial charge in [0.25, 0.3) is 5.69 Å². The SMILES string of the molecule is CC(C)N1CCC(CNc2ccccc2[N+](=O)[O-])C1. The molecule has 0 amide bonds. The molecule has 5 heteroatoms. The summed E-state index contributed by atoms with van der Waals surface area (Å²) in [5, 5.41) is 14.1. The first kappa shape index (κ1) is 13.8. The van der Waals surface area contributed by atoms with Crippen LogP contribution < -0.4 is 5.32 Å². The van der Waals surface area contributed by atoms with Gasteiger partial charge in [0.05, 0.1) is 4.92 Å². The average Bonchev–Trinajstić information content (AvgIpc) is 2.85. The van der Waals surface area contributed by atoms with Crippen molar-refractivity contribution in [3.63, 3.8) is 0 Å². The number of para-hydroxylation sites is 2. The molecule has 0 spiro atoms. The van der Waals surface area contributed by atoms with Gasteiger partial charge in [0, 0.05) is 25.2 Å². The van der Waals surface area contributed by atoms with Crippen LogP contribution in [0.2, 0.25) is 0 Å². The number of benzene rings is 1. The maximum atomic E-state index is 10.9. The van der Waals surface area contributed by atoms with Gasteiger partial charge in [-0.25, -0.2) is 0 Å². The van der Waals surface area contributed by atoms with E-state index >= 15 is 0 Å². The van der Waals surface area contributed by atoms with Gasteiger partial charge < -0.3 is 10.2 Å². The number of nitro groups is 1. The lowest BCUT2D eigenvalue weighted by Gasteiger charge is -2.20. The fourth-order valence-electron chi connectivity index (χ4n) is 2.53. The molecule has 1 aromatic carbocycles. The van der Waals surface area contributed by atoms with E-state index in [0.29, 0.717) is 17.6 Å². The number of anilines is 1. The van der Waals surface area contributed by atoms with E-state index in [1.807, 2.05) is 6.07 Å². The van der Waals surface area contributed by atoms with Crippen molar-refractivity contribution in [1.82, 2.24) is 4.90 Å². The maximum absolute atomic E-state index is 10.9. The Bertz CT molecular complexity index is 448. The molecular formula is C14H21N3O2. The van der Waals surface area contributed by atoms with Gasteiger partial charge >= 0.3 is 0 Å². The summed E-state index contributed by atoms with van der Waals surface area (Å²) in [6.45, 7) is 7.41. The van der Waals surface area contributed by atoms with E-state index in [2.05, 4.69) is 24.1 Å². The highest BCUT2D eigenvalue weighted by Crippen LogP contribution is 2.25. The van der Waals surface area contributed by atoms with Crippen LogP contribution in [-0.2, 0) is 0 Å². The van der Waals surface area contributed by atoms with Crippen molar-refractivity contribution < 1.29 is 4.92 Å². The van der Waals surface area contributed by atoms with Crippen LogP contribution in [0.5, 0.6) is 0 Å². The summed E-state index contributed by atoms with van der Waals surface area (Å²) >= 11 is 0. The quantitative estimate of drug-likeness (QED) is 0.655. The predicted octanol–water partition coefficient (Wildman–Crippen LogP) is 2.74. The summed E-state index contributed by atoms with van der Waals surface area (Å²) in [6.07, 6.45) is 1.16. The van der Waals surface area contributed by atoms with E-state index in [1.165, 1.54) is 6.07 Å². The van der Waals surface area contributed by atoms with Gasteiger partial charge in [-0.2, -0.15) is 0 Å². The second-order valence-corrected chi connectivity index (χ2v) is 5.40. The van der Waals surface area contributed by atoms with E-state index in [0.717, 1.165) is 26.1 Å². The van der Waals surface area contributed by atoms with Gasteiger partial charge in [-0.3, -0.25) is 10.1 Å². The van der Waals surface area contributed by atoms with Gasteiger partial charge in [-0.15, -0.1) is 0 Å². The standard InChI is InChI=1S/C14H21N3O2/c1-11(2)16-8-7-12(10-16)9-15-13-5-3-4-6-14(13)17(18)19/h3-6,11-12,15H,7-10H2,1-2H3. The molecule has 0 radical (unpaired) electrons. The molecule has 1 atom stereocenters. The van der Waals surface area contributed by atoms with Crippen LogP contribution in [0.1, 0.15) is 20.3 Å². The fourth-order valence-corrected chi connectivity index (χ4v) is 2.53. The van der Waals surface area contributed by atoms with Crippen LogP contribution in [0.25, 0.3) is 0 Å². The van der Waals surface area contributed by atoms with Crippen molar-refractivity contribution in [2.24, 2.45) is 5.92 Å². The number of nitro benzene ring substituents is 1. The lowest BCUT2D eigenvalue weighted by atomic mass is 10.1. The predicted molar refractivity (Wildman–Crippen MR) is 76.4 cm³/mol. The van der Waals surface area contributed by atoms with Crippen molar-refractivity contribution in [3.05, 3.63) is 34.4 Å². The third-order valence-electron chi connectivity index (χ3n) is 3.73. The first-order valence-corrected chi connectivity index (χ1v) is 6.79. The highest BCUT2D eigenvalue weighted by atomic mass is 16.6. The lowest BCUT2D eigenvalue weighted by Crippen LogP contribution is -2.29. The Morgan fingerprint density at radius 1 is 1.47 bits per heavy atom. The van der Waals surface area contributed by atoms with Crippen LogP contribution in [-0.4, -0.2) is 35.5 Å². The molecule has 2 rings (SSSR count). The second-order valence-electron chi connectivity index (χ2n) is 5.40. The number of hydrogen-bond acceptors (Lipinski definition) is 4. The zero-order valence-electron chi connectivity index (χ0n) is 11.5. The summed E-state index contributed by atoms with van der Waals surface area (Å²) in [5.74, 6) is 0.571. The number of rotatable bonds is 5. The van der Waals surface area contributed by atoms with E-state index in [4.69, 9.17) is 0 Å². The Balaban J connectivity index is 1.91. The van der Waals surface area contributed by atoms with Gasteiger partial charge in [-0.1, -0.05) is 12.1 Å². The van der Waals surface area contributed by atoms with Gasteiger partial charge in [0.1, 0.15) is 5.69 Å². The molecule has 104 valence electrons. The van der Waals surface area contributed by atoms with Crippen molar-refractivity contribution >= 4 is 11.4 Å². The average molecular weight is 263 g/mol. The topological polar surface area (TPSA) is 58.4 Å². The second kappa shape index (κ2) is 6.02. The molecule has 1 saturated heterocycles. The molecule has 1 fully saturated rings. The molecule has 1 unspecified atom stereocenters. The molecular weight excluding hydrogens is 242 g/mol. The minimum absolute atomic E-state index is 0.154. The van der Waals surface area contributed by atoms with E-state index in [1.54, 1.807) is 12.1 Å². The van der Waals surface area contributed by atoms with Crippen LogP contribution in [0.15, 0.2) is 24.3 Å². The molecule has 0 aliphatic carbocycles. The van der Waals surface area contributed by atoms with E-state index < -0.39 is 0 Å². The van der Waals surface area contributed by atoms with Crippen molar-refractivity contribution in [2.75, 3.05) is 25.0 Å². The minimum Gasteiger partial charge on any atom is -0.379 e. The van der Waals surface area contributed by atoms with Gasteiger partial charge in [-0.05, 0) is 38.8 Å². The van der Waals surface area contributed by atoms with Gasteiger partial charge in [0.2, 0.25) is 0 Å². The van der Waals surface area contributed by atoms with Crippen LogP contribution >= 0.6 is 0 Å². The Labute approximate surface area is 113 Å². The zero-order chi connectivity index (χ0) is 13.8. The molecule has 0 aromatic heterocycles. The first-order valence-electron chi connectivity index (χ1n) is 6.79.